The van der Waals surface area contributed by atoms with Gasteiger partial charge in [0.2, 0.25) is 0 Å². The Hall–Kier alpha value is -2.77. The number of halogens is 1. The number of fused-ring (bicyclic) bond motifs is 1. The Bertz CT molecular complexity index is 1070. The molecule has 2 aromatic heterocycles. The van der Waals surface area contributed by atoms with E-state index in [9.17, 15) is 9.59 Å². The lowest BCUT2D eigenvalue weighted by Gasteiger charge is -2.31. The number of carbonyl (C=O) groups is 1. The number of nitrogens with zero attached hydrogens (tertiary/aromatic N) is 1. The minimum atomic E-state index is -0.527. The summed E-state index contributed by atoms with van der Waals surface area (Å²) in [5, 5.41) is 4.28. The Morgan fingerprint density at radius 2 is 1.97 bits per heavy atom. The van der Waals surface area contributed by atoms with Crippen molar-refractivity contribution in [2.45, 2.75) is 19.3 Å². The topological polar surface area (TPSA) is 107 Å². The van der Waals surface area contributed by atoms with Gasteiger partial charge in [0.15, 0.2) is 0 Å². The summed E-state index contributed by atoms with van der Waals surface area (Å²) in [6, 6.07) is 11.9. The number of H-pyrrole nitrogens is 2. The first-order chi connectivity index (χ1) is 14.5. The van der Waals surface area contributed by atoms with Gasteiger partial charge in [0.25, 0.3) is 11.5 Å². The molecule has 0 aliphatic carbocycles. The summed E-state index contributed by atoms with van der Waals surface area (Å²) < 4.78 is 0. The number of amides is 1. The Balaban J connectivity index is 1.22. The number of piperidine rings is 1. The van der Waals surface area contributed by atoms with Crippen LogP contribution in [0, 0.1) is 5.92 Å². The van der Waals surface area contributed by atoms with Gasteiger partial charge < -0.3 is 25.9 Å². The van der Waals surface area contributed by atoms with Gasteiger partial charge >= 0.3 is 0 Å². The first-order valence-corrected chi connectivity index (χ1v) is 10.6. The zero-order valence-electron chi connectivity index (χ0n) is 16.7. The second-order valence-electron chi connectivity index (χ2n) is 7.90. The minimum Gasteiger partial charge on any atom is -0.384 e. The number of nitrogen functional groups attached to an aromatic ring is 1. The van der Waals surface area contributed by atoms with E-state index in [0.29, 0.717) is 12.5 Å². The van der Waals surface area contributed by atoms with Crippen LogP contribution in [0.3, 0.4) is 0 Å². The summed E-state index contributed by atoms with van der Waals surface area (Å²) in [4.78, 5) is 32.6. The quantitative estimate of drug-likeness (QED) is 0.485. The number of hydrogen-bond acceptors (Lipinski definition) is 4. The first kappa shape index (κ1) is 20.5. The predicted octanol–water partition coefficient (Wildman–Crippen LogP) is 2.78. The van der Waals surface area contributed by atoms with E-state index >= 15 is 0 Å². The summed E-state index contributed by atoms with van der Waals surface area (Å²) in [6.07, 6.45) is 3.04. The van der Waals surface area contributed by atoms with Crippen LogP contribution < -0.4 is 16.6 Å². The number of anilines is 1. The molecule has 1 aromatic carbocycles. The van der Waals surface area contributed by atoms with Gasteiger partial charge in [-0.05, 0) is 55.4 Å². The fourth-order valence-corrected chi connectivity index (χ4v) is 4.14. The zero-order valence-corrected chi connectivity index (χ0v) is 17.5. The molecule has 3 heterocycles. The van der Waals surface area contributed by atoms with Gasteiger partial charge in [-0.25, -0.2) is 0 Å². The highest BCUT2D eigenvalue weighted by Gasteiger charge is 2.21. The molecule has 0 bridgehead atoms. The fraction of sp³-hybridized carbons (Fsp3) is 0.364. The Labute approximate surface area is 179 Å². The maximum absolute atomic E-state index is 12.3. The summed E-state index contributed by atoms with van der Waals surface area (Å²) in [5.74, 6) is 0.0547. The van der Waals surface area contributed by atoms with Crippen molar-refractivity contribution in [2.24, 2.45) is 5.92 Å². The monoisotopic (exact) mass is 427 g/mol. The Morgan fingerprint density at radius 3 is 2.73 bits per heavy atom. The van der Waals surface area contributed by atoms with Crippen molar-refractivity contribution in [3.05, 3.63) is 63.0 Å². The summed E-state index contributed by atoms with van der Waals surface area (Å²) in [7, 11) is 0. The molecule has 30 heavy (non-hydrogen) atoms. The fourth-order valence-electron chi connectivity index (χ4n) is 3.98. The lowest BCUT2D eigenvalue weighted by molar-refractivity contribution is 0.0935. The number of hydrogen-bond donors (Lipinski definition) is 4. The van der Waals surface area contributed by atoms with Gasteiger partial charge in [-0.2, -0.15) is 0 Å². The second-order valence-corrected chi connectivity index (χ2v) is 8.31. The van der Waals surface area contributed by atoms with Gasteiger partial charge in [0, 0.05) is 30.7 Å². The van der Waals surface area contributed by atoms with E-state index in [4.69, 9.17) is 17.3 Å². The summed E-state index contributed by atoms with van der Waals surface area (Å²) >= 11 is 5.91. The van der Waals surface area contributed by atoms with Crippen LogP contribution in [0.15, 0.2) is 41.2 Å². The molecule has 1 amide bonds. The normalized spacial score (nSPS) is 15.5. The maximum atomic E-state index is 12.3. The molecule has 3 aromatic rings. The average Bonchev–Trinajstić information content (AvgIpc) is 3.17. The molecular formula is C22H26ClN5O2. The van der Waals surface area contributed by atoms with E-state index in [2.05, 4.69) is 44.5 Å². The molecule has 158 valence electrons. The van der Waals surface area contributed by atoms with Crippen molar-refractivity contribution < 1.29 is 4.79 Å². The molecule has 1 aliphatic rings. The molecule has 0 radical (unpaired) electrons. The van der Waals surface area contributed by atoms with Gasteiger partial charge in [-0.15, -0.1) is 0 Å². The standard InChI is InChI=1S/C22H26ClN5O2/c23-18-12-17(22(30)27-20(18)24)21(29)25-13-14-5-8-28(9-6-14)10-7-16-11-15-3-1-2-4-19(15)26-16/h1-4,11-12,14,26H,5-10,13H2,(H,25,29)(H3,24,27,30). The highest BCUT2D eigenvalue weighted by molar-refractivity contribution is 6.33. The van der Waals surface area contributed by atoms with Crippen LogP contribution in [-0.4, -0.2) is 47.0 Å². The number of benzene rings is 1. The molecule has 1 fully saturated rings. The Kier molecular flexibility index (Phi) is 6.11. The molecule has 4 rings (SSSR count). The van der Waals surface area contributed by atoms with Gasteiger partial charge in [-0.3, -0.25) is 9.59 Å². The van der Waals surface area contributed by atoms with E-state index in [1.165, 1.54) is 22.7 Å². The van der Waals surface area contributed by atoms with Crippen molar-refractivity contribution in [2.75, 3.05) is 31.9 Å². The Morgan fingerprint density at radius 1 is 1.20 bits per heavy atom. The number of nitrogens with two attached hydrogens (primary N) is 1. The number of para-hydroxylation sites is 1. The molecule has 0 unspecified atom stereocenters. The number of nitrogens with one attached hydrogen (secondary N) is 3. The number of likely N-dealkylation sites (tertiary alicyclic amines) is 1. The van der Waals surface area contributed by atoms with E-state index < -0.39 is 11.5 Å². The molecule has 0 saturated carbocycles. The highest BCUT2D eigenvalue weighted by Crippen LogP contribution is 2.19. The van der Waals surface area contributed by atoms with Crippen LogP contribution in [0.25, 0.3) is 10.9 Å². The van der Waals surface area contributed by atoms with Crippen molar-refractivity contribution in [3.8, 4) is 0 Å². The molecule has 1 saturated heterocycles. The van der Waals surface area contributed by atoms with Gasteiger partial charge in [0.1, 0.15) is 11.4 Å². The minimum absolute atomic E-state index is 0.00929. The van der Waals surface area contributed by atoms with Crippen LogP contribution in [0.2, 0.25) is 5.02 Å². The molecule has 5 N–H and O–H groups in total. The van der Waals surface area contributed by atoms with Crippen LogP contribution in [-0.2, 0) is 6.42 Å². The number of pyridine rings is 1. The molecule has 1 aliphatic heterocycles. The molecule has 7 nitrogen and oxygen atoms in total. The third-order valence-electron chi connectivity index (χ3n) is 5.81. The van der Waals surface area contributed by atoms with Crippen LogP contribution in [0.5, 0.6) is 0 Å². The first-order valence-electron chi connectivity index (χ1n) is 10.2. The van der Waals surface area contributed by atoms with Gasteiger partial charge in [-0.1, -0.05) is 29.8 Å². The van der Waals surface area contributed by atoms with Crippen LogP contribution >= 0.6 is 11.6 Å². The maximum Gasteiger partial charge on any atom is 0.262 e. The van der Waals surface area contributed by atoms with E-state index in [1.807, 2.05) is 6.07 Å². The van der Waals surface area contributed by atoms with Crippen molar-refractivity contribution >= 4 is 34.2 Å². The average molecular weight is 428 g/mol. The molecule has 0 spiro atoms. The second kappa shape index (κ2) is 8.93. The number of rotatable bonds is 6. The lowest BCUT2D eigenvalue weighted by atomic mass is 9.96. The van der Waals surface area contributed by atoms with E-state index in [-0.39, 0.29) is 16.4 Å². The third kappa shape index (κ3) is 4.68. The predicted molar refractivity (Wildman–Crippen MR) is 120 cm³/mol. The number of aromatic nitrogens is 2. The van der Waals surface area contributed by atoms with Gasteiger partial charge in [0.05, 0.1) is 5.02 Å². The van der Waals surface area contributed by atoms with E-state index in [1.54, 1.807) is 0 Å². The molecule has 8 heteroatoms. The van der Waals surface area contributed by atoms with Crippen molar-refractivity contribution in [3.63, 3.8) is 0 Å². The smallest absolute Gasteiger partial charge is 0.262 e. The largest absolute Gasteiger partial charge is 0.384 e. The van der Waals surface area contributed by atoms with Crippen LogP contribution in [0.1, 0.15) is 28.9 Å². The van der Waals surface area contributed by atoms with Crippen molar-refractivity contribution in [1.29, 1.82) is 0 Å². The molecular weight excluding hydrogens is 402 g/mol. The number of carbonyl (C=O) groups excluding carboxylic acids is 1. The number of aromatic amines is 2. The SMILES string of the molecule is Nc1[nH]c(=O)c(C(=O)NCC2CCN(CCc3cc4ccccc4[nH]3)CC2)cc1Cl. The zero-order chi connectivity index (χ0) is 21.1. The molecule has 0 atom stereocenters. The lowest BCUT2D eigenvalue weighted by Crippen LogP contribution is -2.40. The highest BCUT2D eigenvalue weighted by atomic mass is 35.5. The summed E-state index contributed by atoms with van der Waals surface area (Å²) in [5.41, 5.74) is 7.46. The summed E-state index contributed by atoms with van der Waals surface area (Å²) in [6.45, 7) is 3.59. The third-order valence-corrected chi connectivity index (χ3v) is 6.12. The van der Waals surface area contributed by atoms with E-state index in [0.717, 1.165) is 38.9 Å². The van der Waals surface area contributed by atoms with Crippen LogP contribution in [0.4, 0.5) is 5.82 Å². The van der Waals surface area contributed by atoms with Crippen molar-refractivity contribution in [1.82, 2.24) is 20.2 Å².